The van der Waals surface area contributed by atoms with Crippen LogP contribution in [0.25, 0.3) is 0 Å². The zero-order chi connectivity index (χ0) is 15.5. The van der Waals surface area contributed by atoms with Crippen molar-refractivity contribution in [1.82, 2.24) is 5.32 Å². The monoisotopic (exact) mass is 319 g/mol. The van der Waals surface area contributed by atoms with Crippen molar-refractivity contribution in [1.29, 1.82) is 0 Å². The van der Waals surface area contributed by atoms with Gasteiger partial charge in [0, 0.05) is 31.2 Å². The Morgan fingerprint density at radius 2 is 2.00 bits per heavy atom. The maximum Gasteiger partial charge on any atom is 0.168 e. The van der Waals surface area contributed by atoms with Crippen LogP contribution in [0.2, 0.25) is 0 Å². The molecular formula is C15H29NO4S. The topological polar surface area (TPSA) is 64.6 Å². The first-order chi connectivity index (χ1) is 9.84. The minimum absolute atomic E-state index is 0.0326. The van der Waals surface area contributed by atoms with E-state index in [1.165, 1.54) is 0 Å². The summed E-state index contributed by atoms with van der Waals surface area (Å²) in [6.45, 7) is 7.12. The van der Waals surface area contributed by atoms with Crippen molar-refractivity contribution in [3.05, 3.63) is 0 Å². The van der Waals surface area contributed by atoms with Crippen LogP contribution >= 0.6 is 0 Å². The van der Waals surface area contributed by atoms with Crippen molar-refractivity contribution in [3.8, 4) is 0 Å². The number of sulfone groups is 1. The van der Waals surface area contributed by atoms with Gasteiger partial charge < -0.3 is 14.8 Å². The van der Waals surface area contributed by atoms with Gasteiger partial charge >= 0.3 is 0 Å². The van der Waals surface area contributed by atoms with E-state index >= 15 is 0 Å². The van der Waals surface area contributed by atoms with Crippen LogP contribution in [0.15, 0.2) is 0 Å². The molecule has 0 bridgehead atoms. The van der Waals surface area contributed by atoms with Crippen LogP contribution in [0, 0.1) is 5.92 Å². The summed E-state index contributed by atoms with van der Waals surface area (Å²) in [4.78, 5) is 0. The number of hydrogen-bond acceptors (Lipinski definition) is 5. The maximum absolute atomic E-state index is 11.6. The molecule has 1 heterocycles. The molecule has 0 aromatic heterocycles. The lowest BCUT2D eigenvalue weighted by Crippen LogP contribution is -2.41. The van der Waals surface area contributed by atoms with E-state index in [-0.39, 0.29) is 29.4 Å². The summed E-state index contributed by atoms with van der Waals surface area (Å²) >= 11 is 0. The van der Waals surface area contributed by atoms with E-state index in [9.17, 15) is 8.42 Å². The fourth-order valence-corrected chi connectivity index (χ4v) is 4.19. The minimum Gasteiger partial charge on any atom is -0.347 e. The fourth-order valence-electron chi connectivity index (χ4n) is 3.07. The van der Waals surface area contributed by atoms with Crippen molar-refractivity contribution >= 4 is 9.84 Å². The van der Waals surface area contributed by atoms with E-state index in [1.54, 1.807) is 6.92 Å². The zero-order valence-corrected chi connectivity index (χ0v) is 14.2. The van der Waals surface area contributed by atoms with Crippen LogP contribution in [0.3, 0.4) is 0 Å². The van der Waals surface area contributed by atoms with Gasteiger partial charge in [-0.25, -0.2) is 8.42 Å². The summed E-state index contributed by atoms with van der Waals surface area (Å²) in [5.41, 5.74) is 0. The van der Waals surface area contributed by atoms with E-state index in [0.717, 1.165) is 31.6 Å². The zero-order valence-electron chi connectivity index (χ0n) is 13.4. The second kappa shape index (κ2) is 6.94. The quantitative estimate of drug-likeness (QED) is 0.807. The lowest BCUT2D eigenvalue weighted by Gasteiger charge is -2.34. The molecule has 1 aliphatic heterocycles. The highest BCUT2D eigenvalue weighted by molar-refractivity contribution is 7.91. The third-order valence-electron chi connectivity index (χ3n) is 4.59. The van der Waals surface area contributed by atoms with Gasteiger partial charge in [0.25, 0.3) is 0 Å². The van der Waals surface area contributed by atoms with Gasteiger partial charge in [0.15, 0.2) is 15.6 Å². The molecule has 2 atom stereocenters. The van der Waals surface area contributed by atoms with Crippen LogP contribution in [-0.2, 0) is 19.3 Å². The molecule has 2 rings (SSSR count). The molecule has 0 radical (unpaired) electrons. The lowest BCUT2D eigenvalue weighted by molar-refractivity contribution is -0.191. The molecule has 1 saturated heterocycles. The Balaban J connectivity index is 1.73. The van der Waals surface area contributed by atoms with E-state index in [1.807, 2.05) is 6.92 Å². The first-order valence-electron chi connectivity index (χ1n) is 8.10. The number of ether oxygens (including phenoxy) is 2. The lowest BCUT2D eigenvalue weighted by atomic mass is 9.86. The van der Waals surface area contributed by atoms with Gasteiger partial charge in [-0.3, -0.25) is 0 Å². The Morgan fingerprint density at radius 3 is 2.62 bits per heavy atom. The van der Waals surface area contributed by atoms with Gasteiger partial charge in [-0.15, -0.1) is 0 Å². The molecule has 1 saturated carbocycles. The fraction of sp³-hybridized carbons (Fsp3) is 1.00. The highest BCUT2D eigenvalue weighted by atomic mass is 32.2. The van der Waals surface area contributed by atoms with Crippen molar-refractivity contribution in [2.45, 2.75) is 64.4 Å². The van der Waals surface area contributed by atoms with Crippen molar-refractivity contribution in [2.75, 3.05) is 24.7 Å². The molecule has 1 spiro atoms. The van der Waals surface area contributed by atoms with Crippen LogP contribution < -0.4 is 5.32 Å². The summed E-state index contributed by atoms with van der Waals surface area (Å²) < 4.78 is 35.2. The second-order valence-electron chi connectivity index (χ2n) is 6.65. The molecule has 21 heavy (non-hydrogen) atoms. The summed E-state index contributed by atoms with van der Waals surface area (Å²) in [5, 5.41) is 3.26. The molecule has 0 aromatic rings. The number of rotatable bonds is 6. The van der Waals surface area contributed by atoms with Crippen LogP contribution in [0.4, 0.5) is 0 Å². The van der Waals surface area contributed by atoms with E-state index in [4.69, 9.17) is 9.47 Å². The molecule has 124 valence electrons. The molecule has 6 heteroatoms. The average molecular weight is 319 g/mol. The van der Waals surface area contributed by atoms with E-state index < -0.39 is 9.84 Å². The van der Waals surface area contributed by atoms with Gasteiger partial charge in [-0.05, 0) is 25.7 Å². The molecule has 1 N–H and O–H groups in total. The molecule has 2 fully saturated rings. The SMILES string of the molecule is CCS(=O)(=O)CC(C)NCC1COC2(CCC(C)CC2)O1. The van der Waals surface area contributed by atoms with Gasteiger partial charge in [0.05, 0.1) is 18.5 Å². The molecule has 1 aliphatic carbocycles. The van der Waals surface area contributed by atoms with E-state index in [2.05, 4.69) is 12.2 Å². The van der Waals surface area contributed by atoms with Gasteiger partial charge in [-0.1, -0.05) is 13.8 Å². The molecule has 0 amide bonds. The third kappa shape index (κ3) is 4.91. The molecule has 5 nitrogen and oxygen atoms in total. The Bertz CT molecular complexity index is 429. The standard InChI is InChI=1S/C15H29NO4S/c1-4-21(17,18)11-13(3)16-9-14-10-19-15(20-14)7-5-12(2)6-8-15/h12-14,16H,4-11H2,1-3H3. The Kier molecular flexibility index (Phi) is 5.68. The Morgan fingerprint density at radius 1 is 1.33 bits per heavy atom. The van der Waals surface area contributed by atoms with Crippen molar-refractivity contribution in [3.63, 3.8) is 0 Å². The second-order valence-corrected chi connectivity index (χ2v) is 9.05. The molecule has 0 aromatic carbocycles. The van der Waals surface area contributed by atoms with Crippen LogP contribution in [-0.4, -0.2) is 51.0 Å². The van der Waals surface area contributed by atoms with E-state index in [0.29, 0.717) is 13.2 Å². The highest BCUT2D eigenvalue weighted by Crippen LogP contribution is 2.39. The number of nitrogens with one attached hydrogen (secondary N) is 1. The first kappa shape index (κ1) is 17.2. The first-order valence-corrected chi connectivity index (χ1v) is 9.92. The average Bonchev–Trinajstić information content (AvgIpc) is 2.83. The molecule has 2 aliphatic rings. The van der Waals surface area contributed by atoms with Crippen LogP contribution in [0.5, 0.6) is 0 Å². The largest absolute Gasteiger partial charge is 0.347 e. The minimum atomic E-state index is -2.93. The van der Waals surface area contributed by atoms with Gasteiger partial charge in [0.2, 0.25) is 0 Å². The predicted molar refractivity (Wildman–Crippen MR) is 83.0 cm³/mol. The van der Waals surface area contributed by atoms with Crippen LogP contribution in [0.1, 0.15) is 46.5 Å². The third-order valence-corrected chi connectivity index (χ3v) is 6.48. The summed E-state index contributed by atoms with van der Waals surface area (Å²) in [7, 11) is -2.93. The predicted octanol–water partition coefficient (Wildman–Crippen LogP) is 1.72. The van der Waals surface area contributed by atoms with Crippen molar-refractivity contribution < 1.29 is 17.9 Å². The number of hydrogen-bond donors (Lipinski definition) is 1. The summed E-state index contributed by atoms with van der Waals surface area (Å²) in [6, 6.07) is -0.0542. The molecule has 2 unspecified atom stereocenters. The Labute approximate surface area is 128 Å². The summed E-state index contributed by atoms with van der Waals surface area (Å²) in [6.07, 6.45) is 4.30. The highest BCUT2D eigenvalue weighted by Gasteiger charge is 2.43. The van der Waals surface area contributed by atoms with Gasteiger partial charge in [-0.2, -0.15) is 0 Å². The smallest absolute Gasteiger partial charge is 0.168 e. The van der Waals surface area contributed by atoms with Gasteiger partial charge in [0.1, 0.15) is 0 Å². The normalized spacial score (nSPS) is 35.2. The van der Waals surface area contributed by atoms with Crippen molar-refractivity contribution in [2.24, 2.45) is 5.92 Å². The Hall–Kier alpha value is -0.170. The molecular weight excluding hydrogens is 290 g/mol. The maximum atomic E-state index is 11.6. The summed E-state index contributed by atoms with van der Waals surface area (Å²) in [5.74, 6) is 0.778.